The maximum atomic E-state index is 5.80. The van der Waals surface area contributed by atoms with Crippen molar-refractivity contribution in [2.24, 2.45) is 0 Å². The summed E-state index contributed by atoms with van der Waals surface area (Å²) >= 11 is 0. The molecule has 0 aliphatic carbocycles. The van der Waals surface area contributed by atoms with Crippen molar-refractivity contribution in [3.63, 3.8) is 0 Å². The summed E-state index contributed by atoms with van der Waals surface area (Å²) in [6, 6.07) is 6.61. The van der Waals surface area contributed by atoms with Gasteiger partial charge in [-0.15, -0.1) is 0 Å². The number of rotatable bonds is 8. The van der Waals surface area contributed by atoms with Gasteiger partial charge in [-0.1, -0.05) is 24.6 Å². The molecule has 0 aliphatic heterocycles. The van der Waals surface area contributed by atoms with Crippen LogP contribution in [0.3, 0.4) is 0 Å². The molecule has 102 valence electrons. The second kappa shape index (κ2) is 8.11. The van der Waals surface area contributed by atoms with Gasteiger partial charge in [-0.3, -0.25) is 0 Å². The van der Waals surface area contributed by atoms with Gasteiger partial charge in [-0.25, -0.2) is 0 Å². The highest BCUT2D eigenvalue weighted by molar-refractivity contribution is 5.38. The molecule has 0 radical (unpaired) electrons. The van der Waals surface area contributed by atoms with E-state index in [-0.39, 0.29) is 0 Å². The number of benzene rings is 1. The number of aryl methyl sites for hydroxylation is 1. The zero-order chi connectivity index (χ0) is 13.4. The third kappa shape index (κ3) is 4.67. The van der Waals surface area contributed by atoms with E-state index in [1.165, 1.54) is 11.1 Å². The molecule has 1 unspecified atom stereocenters. The van der Waals surface area contributed by atoms with Gasteiger partial charge >= 0.3 is 0 Å². The molecule has 0 amide bonds. The van der Waals surface area contributed by atoms with E-state index in [1.807, 2.05) is 13.0 Å². The van der Waals surface area contributed by atoms with Crippen molar-refractivity contribution in [2.45, 2.75) is 33.7 Å². The minimum atomic E-state index is 0.303. The summed E-state index contributed by atoms with van der Waals surface area (Å²) < 4.78 is 11.1. The summed E-state index contributed by atoms with van der Waals surface area (Å²) in [5, 5.41) is 3.42. The Morgan fingerprint density at radius 1 is 1.22 bits per heavy atom. The van der Waals surface area contributed by atoms with Gasteiger partial charge in [-0.05, 0) is 33.4 Å². The summed E-state index contributed by atoms with van der Waals surface area (Å²) in [6.45, 7) is 11.3. The fraction of sp³-hybridized carbons (Fsp3) is 0.600. The Hall–Kier alpha value is -1.06. The highest BCUT2D eigenvalue weighted by Crippen LogP contribution is 2.26. The lowest BCUT2D eigenvalue weighted by molar-refractivity contribution is 0.109. The fourth-order valence-electron chi connectivity index (χ4n) is 1.91. The average molecular weight is 251 g/mol. The molecule has 0 bridgehead atoms. The molecule has 3 nitrogen and oxygen atoms in total. The Morgan fingerprint density at radius 3 is 2.67 bits per heavy atom. The lowest BCUT2D eigenvalue weighted by atomic mass is 10.0. The van der Waals surface area contributed by atoms with Crippen molar-refractivity contribution >= 4 is 0 Å². The quantitative estimate of drug-likeness (QED) is 0.720. The van der Waals surface area contributed by atoms with Crippen LogP contribution in [0.5, 0.6) is 5.75 Å². The fourth-order valence-corrected chi connectivity index (χ4v) is 1.91. The molecular weight excluding hydrogens is 226 g/mol. The SMILES string of the molecule is CCNC(C)c1cc(C)ccc1OCCOCC. The molecule has 18 heavy (non-hydrogen) atoms. The second-order valence-electron chi connectivity index (χ2n) is 4.37. The van der Waals surface area contributed by atoms with Crippen LogP contribution >= 0.6 is 0 Å². The number of nitrogens with one attached hydrogen (secondary N) is 1. The van der Waals surface area contributed by atoms with E-state index in [0.29, 0.717) is 19.3 Å². The van der Waals surface area contributed by atoms with Crippen molar-refractivity contribution in [3.05, 3.63) is 29.3 Å². The third-order valence-electron chi connectivity index (χ3n) is 2.83. The van der Waals surface area contributed by atoms with Crippen LogP contribution in [0, 0.1) is 6.92 Å². The van der Waals surface area contributed by atoms with Crippen LogP contribution in [0.25, 0.3) is 0 Å². The monoisotopic (exact) mass is 251 g/mol. The number of ether oxygens (including phenoxy) is 2. The van der Waals surface area contributed by atoms with Crippen LogP contribution in [-0.2, 0) is 4.74 Å². The van der Waals surface area contributed by atoms with Crippen LogP contribution in [0.1, 0.15) is 37.9 Å². The molecule has 0 fully saturated rings. The van der Waals surface area contributed by atoms with Gasteiger partial charge in [0.1, 0.15) is 12.4 Å². The Labute approximate surface area is 110 Å². The molecule has 1 aromatic carbocycles. The maximum Gasteiger partial charge on any atom is 0.124 e. The van der Waals surface area contributed by atoms with Crippen molar-refractivity contribution < 1.29 is 9.47 Å². The van der Waals surface area contributed by atoms with E-state index in [2.05, 4.69) is 38.2 Å². The van der Waals surface area contributed by atoms with E-state index in [1.54, 1.807) is 0 Å². The third-order valence-corrected chi connectivity index (χ3v) is 2.83. The Morgan fingerprint density at radius 2 is 2.00 bits per heavy atom. The average Bonchev–Trinajstić information content (AvgIpc) is 2.36. The Bertz CT molecular complexity index is 352. The summed E-state index contributed by atoms with van der Waals surface area (Å²) in [4.78, 5) is 0. The summed E-state index contributed by atoms with van der Waals surface area (Å²) in [5.74, 6) is 0.953. The molecule has 0 saturated carbocycles. The predicted octanol–water partition coefficient (Wildman–Crippen LogP) is 3.08. The number of hydrogen-bond donors (Lipinski definition) is 1. The molecule has 0 aromatic heterocycles. The Kier molecular flexibility index (Phi) is 6.76. The van der Waals surface area contributed by atoms with E-state index < -0.39 is 0 Å². The van der Waals surface area contributed by atoms with Crippen molar-refractivity contribution in [2.75, 3.05) is 26.4 Å². The van der Waals surface area contributed by atoms with Crippen molar-refractivity contribution in [3.8, 4) is 5.75 Å². The highest BCUT2D eigenvalue weighted by atomic mass is 16.5. The lowest BCUT2D eigenvalue weighted by Crippen LogP contribution is -2.19. The molecule has 0 spiro atoms. The molecule has 1 aromatic rings. The van der Waals surface area contributed by atoms with Gasteiger partial charge in [0.05, 0.1) is 6.61 Å². The van der Waals surface area contributed by atoms with Gasteiger partial charge in [0, 0.05) is 18.2 Å². The van der Waals surface area contributed by atoms with Gasteiger partial charge in [0.2, 0.25) is 0 Å². The highest BCUT2D eigenvalue weighted by Gasteiger charge is 2.11. The first-order valence-electron chi connectivity index (χ1n) is 6.73. The lowest BCUT2D eigenvalue weighted by Gasteiger charge is -2.18. The molecule has 0 aliphatic rings. The van der Waals surface area contributed by atoms with Crippen LogP contribution < -0.4 is 10.1 Å². The topological polar surface area (TPSA) is 30.5 Å². The van der Waals surface area contributed by atoms with Crippen molar-refractivity contribution in [1.82, 2.24) is 5.32 Å². The first kappa shape index (κ1) is 15.0. The molecule has 1 rings (SSSR count). The first-order valence-corrected chi connectivity index (χ1v) is 6.73. The van der Waals surface area contributed by atoms with E-state index in [9.17, 15) is 0 Å². The maximum absolute atomic E-state index is 5.80. The molecule has 3 heteroatoms. The standard InChI is InChI=1S/C15H25NO2/c1-5-16-13(4)14-11-12(3)7-8-15(14)18-10-9-17-6-2/h7-8,11,13,16H,5-6,9-10H2,1-4H3. The smallest absolute Gasteiger partial charge is 0.124 e. The largest absolute Gasteiger partial charge is 0.491 e. The van der Waals surface area contributed by atoms with E-state index >= 15 is 0 Å². The zero-order valence-corrected chi connectivity index (χ0v) is 12.0. The minimum Gasteiger partial charge on any atom is -0.491 e. The van der Waals surface area contributed by atoms with E-state index in [0.717, 1.165) is 18.9 Å². The Balaban J connectivity index is 2.70. The summed E-state index contributed by atoms with van der Waals surface area (Å²) in [6.07, 6.45) is 0. The van der Waals surface area contributed by atoms with Crippen molar-refractivity contribution in [1.29, 1.82) is 0 Å². The van der Waals surface area contributed by atoms with Crippen LogP contribution in [0.15, 0.2) is 18.2 Å². The second-order valence-corrected chi connectivity index (χ2v) is 4.37. The predicted molar refractivity (Wildman–Crippen MR) is 75.3 cm³/mol. The van der Waals surface area contributed by atoms with Crippen LogP contribution in [0.4, 0.5) is 0 Å². The zero-order valence-electron chi connectivity index (χ0n) is 12.0. The summed E-state index contributed by atoms with van der Waals surface area (Å²) in [7, 11) is 0. The van der Waals surface area contributed by atoms with Gasteiger partial charge in [-0.2, -0.15) is 0 Å². The van der Waals surface area contributed by atoms with Gasteiger partial charge in [0.25, 0.3) is 0 Å². The first-order chi connectivity index (χ1) is 8.69. The van der Waals surface area contributed by atoms with Crippen LogP contribution in [-0.4, -0.2) is 26.4 Å². The number of hydrogen-bond acceptors (Lipinski definition) is 3. The van der Waals surface area contributed by atoms with Crippen LogP contribution in [0.2, 0.25) is 0 Å². The molecule has 1 N–H and O–H groups in total. The molecule has 0 saturated heterocycles. The molecular formula is C15H25NO2. The van der Waals surface area contributed by atoms with Gasteiger partial charge < -0.3 is 14.8 Å². The normalized spacial score (nSPS) is 12.4. The van der Waals surface area contributed by atoms with Gasteiger partial charge in [0.15, 0.2) is 0 Å². The van der Waals surface area contributed by atoms with E-state index in [4.69, 9.17) is 9.47 Å². The molecule has 1 atom stereocenters. The summed E-state index contributed by atoms with van der Waals surface area (Å²) in [5.41, 5.74) is 2.47. The molecule has 0 heterocycles. The minimum absolute atomic E-state index is 0.303.